The molecule has 0 aliphatic heterocycles. The number of rotatable bonds is 4. The zero-order valence-electron chi connectivity index (χ0n) is 14.5. The van der Waals surface area contributed by atoms with E-state index >= 15 is 0 Å². The lowest BCUT2D eigenvalue weighted by Gasteiger charge is -2.11. The van der Waals surface area contributed by atoms with Gasteiger partial charge in [0, 0.05) is 22.8 Å². The number of amides is 1. The van der Waals surface area contributed by atoms with Crippen LogP contribution in [-0.2, 0) is 12.0 Å². The minimum atomic E-state index is -0.103. The van der Waals surface area contributed by atoms with E-state index in [0.717, 1.165) is 22.8 Å². The van der Waals surface area contributed by atoms with Gasteiger partial charge in [0.1, 0.15) is 5.82 Å². The highest BCUT2D eigenvalue weighted by atomic mass is 16.1. The second-order valence-electron chi connectivity index (χ2n) is 7.42. The lowest BCUT2D eigenvalue weighted by molar-refractivity contribution is 0.0949. The minimum absolute atomic E-state index is 0.0568. The second-order valence-corrected chi connectivity index (χ2v) is 7.42. The number of hydrogen-bond donors (Lipinski definition) is 2. The first kappa shape index (κ1) is 15.8. The first-order chi connectivity index (χ1) is 10.8. The monoisotopic (exact) mass is 315 g/mol. The Morgan fingerprint density at radius 2 is 2.09 bits per heavy atom. The van der Waals surface area contributed by atoms with Crippen molar-refractivity contribution in [3.8, 4) is 0 Å². The lowest BCUT2D eigenvalue weighted by atomic mass is 9.96. The van der Waals surface area contributed by atoms with Gasteiger partial charge in [-0.3, -0.25) is 9.89 Å². The standard InChI is InChI=1S/C17H25N5O/c1-10-8-13(11(2)22(10)12-6-7-12)15(23)18-9-14-19-16(21-20-14)17(3,4)5/h8,12H,6-7,9H2,1-5H3,(H,18,23)(H,19,20,21). The summed E-state index contributed by atoms with van der Waals surface area (Å²) in [4.78, 5) is 16.9. The van der Waals surface area contributed by atoms with Crippen molar-refractivity contribution in [3.63, 3.8) is 0 Å². The second kappa shape index (κ2) is 5.51. The van der Waals surface area contributed by atoms with Crippen LogP contribution in [0, 0.1) is 13.8 Å². The molecule has 1 aliphatic carbocycles. The Balaban J connectivity index is 1.68. The van der Waals surface area contributed by atoms with Gasteiger partial charge < -0.3 is 9.88 Å². The molecule has 2 aromatic rings. The van der Waals surface area contributed by atoms with E-state index in [1.807, 2.05) is 13.0 Å². The first-order valence-electron chi connectivity index (χ1n) is 8.15. The summed E-state index contributed by atoms with van der Waals surface area (Å²) in [5.41, 5.74) is 2.86. The fourth-order valence-electron chi connectivity index (χ4n) is 2.87. The van der Waals surface area contributed by atoms with Crippen LogP contribution < -0.4 is 5.32 Å². The highest BCUT2D eigenvalue weighted by Gasteiger charge is 2.28. The predicted molar refractivity (Wildman–Crippen MR) is 88.4 cm³/mol. The van der Waals surface area contributed by atoms with Crippen LogP contribution in [0.25, 0.3) is 0 Å². The molecule has 0 aromatic carbocycles. The molecule has 1 fully saturated rings. The summed E-state index contributed by atoms with van der Waals surface area (Å²) in [6, 6.07) is 2.56. The average Bonchev–Trinajstić information content (AvgIpc) is 3.08. The molecule has 0 radical (unpaired) electrons. The average molecular weight is 315 g/mol. The maximum absolute atomic E-state index is 12.5. The van der Waals surface area contributed by atoms with Gasteiger partial charge in [0.2, 0.25) is 0 Å². The molecule has 1 saturated carbocycles. The number of H-pyrrole nitrogens is 1. The molecular formula is C17H25N5O. The van der Waals surface area contributed by atoms with E-state index in [1.165, 1.54) is 12.8 Å². The molecule has 0 bridgehead atoms. The third-order valence-electron chi connectivity index (χ3n) is 4.26. The third kappa shape index (κ3) is 3.16. The van der Waals surface area contributed by atoms with Crippen LogP contribution in [0.2, 0.25) is 0 Å². The van der Waals surface area contributed by atoms with Crippen molar-refractivity contribution in [2.75, 3.05) is 0 Å². The van der Waals surface area contributed by atoms with Crippen LogP contribution in [0.5, 0.6) is 0 Å². The summed E-state index contributed by atoms with van der Waals surface area (Å²) < 4.78 is 2.28. The minimum Gasteiger partial charge on any atom is -0.345 e. The Labute approximate surface area is 136 Å². The molecular weight excluding hydrogens is 290 g/mol. The summed E-state index contributed by atoms with van der Waals surface area (Å²) in [7, 11) is 0. The zero-order valence-corrected chi connectivity index (χ0v) is 14.5. The molecule has 124 valence electrons. The zero-order chi connectivity index (χ0) is 16.8. The van der Waals surface area contributed by atoms with Crippen LogP contribution in [0.3, 0.4) is 0 Å². The maximum atomic E-state index is 12.5. The quantitative estimate of drug-likeness (QED) is 0.911. The predicted octanol–water partition coefficient (Wildman–Crippen LogP) is 2.79. The van der Waals surface area contributed by atoms with Crippen molar-refractivity contribution < 1.29 is 4.79 Å². The number of hydrogen-bond acceptors (Lipinski definition) is 3. The Morgan fingerprint density at radius 3 is 2.65 bits per heavy atom. The number of aryl methyl sites for hydroxylation is 1. The van der Waals surface area contributed by atoms with Gasteiger partial charge in [-0.25, -0.2) is 4.98 Å². The maximum Gasteiger partial charge on any atom is 0.253 e. The van der Waals surface area contributed by atoms with Crippen molar-refractivity contribution >= 4 is 5.91 Å². The fraction of sp³-hybridized carbons (Fsp3) is 0.588. The van der Waals surface area contributed by atoms with Gasteiger partial charge in [-0.05, 0) is 32.8 Å². The number of carbonyl (C=O) groups excluding carboxylic acids is 1. The van der Waals surface area contributed by atoms with Crippen LogP contribution in [-0.4, -0.2) is 25.7 Å². The van der Waals surface area contributed by atoms with E-state index < -0.39 is 0 Å². The molecule has 0 unspecified atom stereocenters. The first-order valence-corrected chi connectivity index (χ1v) is 8.15. The van der Waals surface area contributed by atoms with Crippen molar-refractivity contribution in [3.05, 3.63) is 34.7 Å². The van der Waals surface area contributed by atoms with E-state index in [1.54, 1.807) is 0 Å². The van der Waals surface area contributed by atoms with E-state index in [0.29, 0.717) is 18.4 Å². The summed E-state index contributed by atoms with van der Waals surface area (Å²) >= 11 is 0. The van der Waals surface area contributed by atoms with E-state index in [9.17, 15) is 4.79 Å². The molecule has 2 heterocycles. The van der Waals surface area contributed by atoms with Gasteiger partial charge in [-0.1, -0.05) is 20.8 Å². The molecule has 1 amide bonds. The molecule has 2 aromatic heterocycles. The molecule has 0 saturated heterocycles. The molecule has 6 heteroatoms. The van der Waals surface area contributed by atoms with Crippen LogP contribution in [0.1, 0.15) is 73.0 Å². The Morgan fingerprint density at radius 1 is 1.39 bits per heavy atom. The molecule has 6 nitrogen and oxygen atoms in total. The SMILES string of the molecule is Cc1cc(C(=O)NCc2nc(C(C)(C)C)n[nH]2)c(C)n1C1CC1. The largest absolute Gasteiger partial charge is 0.345 e. The summed E-state index contributed by atoms with van der Waals surface area (Å²) in [5.74, 6) is 1.38. The van der Waals surface area contributed by atoms with Gasteiger partial charge in [0.25, 0.3) is 5.91 Å². The van der Waals surface area contributed by atoms with Gasteiger partial charge in [-0.2, -0.15) is 5.10 Å². The Bertz CT molecular complexity index is 731. The van der Waals surface area contributed by atoms with Gasteiger partial charge in [0.15, 0.2) is 5.82 Å². The number of aromatic nitrogens is 4. The Kier molecular flexibility index (Phi) is 3.78. The highest BCUT2D eigenvalue weighted by Crippen LogP contribution is 2.38. The summed E-state index contributed by atoms with van der Waals surface area (Å²) in [6.45, 7) is 10.6. The van der Waals surface area contributed by atoms with Crippen molar-refractivity contribution in [1.82, 2.24) is 25.1 Å². The molecule has 23 heavy (non-hydrogen) atoms. The Hall–Kier alpha value is -2.11. The fourth-order valence-corrected chi connectivity index (χ4v) is 2.87. The van der Waals surface area contributed by atoms with Gasteiger partial charge in [0.05, 0.1) is 12.1 Å². The van der Waals surface area contributed by atoms with Crippen molar-refractivity contribution in [1.29, 1.82) is 0 Å². The van der Waals surface area contributed by atoms with E-state index in [2.05, 4.69) is 52.8 Å². The smallest absolute Gasteiger partial charge is 0.253 e. The van der Waals surface area contributed by atoms with Crippen LogP contribution in [0.15, 0.2) is 6.07 Å². The molecule has 2 N–H and O–H groups in total. The van der Waals surface area contributed by atoms with E-state index in [-0.39, 0.29) is 11.3 Å². The molecule has 3 rings (SSSR count). The summed E-state index contributed by atoms with van der Waals surface area (Å²) in [5, 5.41) is 10.0. The number of nitrogens with one attached hydrogen (secondary N) is 2. The number of aromatic amines is 1. The van der Waals surface area contributed by atoms with Crippen molar-refractivity contribution in [2.45, 2.75) is 65.5 Å². The van der Waals surface area contributed by atoms with Gasteiger partial charge >= 0.3 is 0 Å². The van der Waals surface area contributed by atoms with E-state index in [4.69, 9.17) is 0 Å². The number of nitrogens with zero attached hydrogens (tertiary/aromatic N) is 3. The van der Waals surface area contributed by atoms with Crippen LogP contribution in [0.4, 0.5) is 0 Å². The van der Waals surface area contributed by atoms with Gasteiger partial charge in [-0.15, -0.1) is 0 Å². The topological polar surface area (TPSA) is 75.6 Å². The lowest BCUT2D eigenvalue weighted by Crippen LogP contribution is -2.24. The summed E-state index contributed by atoms with van der Waals surface area (Å²) in [6.07, 6.45) is 2.43. The molecule has 0 atom stereocenters. The normalized spacial score (nSPS) is 15.0. The number of carbonyl (C=O) groups is 1. The molecule has 1 aliphatic rings. The highest BCUT2D eigenvalue weighted by molar-refractivity contribution is 5.95. The van der Waals surface area contributed by atoms with Crippen LogP contribution >= 0.6 is 0 Å². The third-order valence-corrected chi connectivity index (χ3v) is 4.26. The van der Waals surface area contributed by atoms with Crippen molar-refractivity contribution in [2.24, 2.45) is 0 Å². The molecule has 0 spiro atoms.